The van der Waals surface area contributed by atoms with Crippen molar-refractivity contribution >= 4 is 5.91 Å². The molecule has 1 fully saturated rings. The Labute approximate surface area is 124 Å². The highest BCUT2D eigenvalue weighted by molar-refractivity contribution is 5.97. The number of hydrogen-bond acceptors (Lipinski definition) is 4. The normalized spacial score (nSPS) is 20.0. The standard InChI is InChI=1S/C16H23NO4/c1-15(2)6-8-16(21,9-7-15)10-17-14(20)11-4-3-5-12(18)13(11)19/h3-5,18-19,21H,6-10H2,1-2H3,(H,17,20). The van der Waals surface area contributed by atoms with Crippen LogP contribution in [0.5, 0.6) is 11.5 Å². The van der Waals surface area contributed by atoms with E-state index >= 15 is 0 Å². The molecule has 1 saturated carbocycles. The number of benzene rings is 1. The summed E-state index contributed by atoms with van der Waals surface area (Å²) < 4.78 is 0. The van der Waals surface area contributed by atoms with Crippen molar-refractivity contribution in [3.8, 4) is 11.5 Å². The van der Waals surface area contributed by atoms with Crippen LogP contribution in [0.25, 0.3) is 0 Å². The van der Waals surface area contributed by atoms with Crippen molar-refractivity contribution in [1.82, 2.24) is 5.32 Å². The van der Waals surface area contributed by atoms with Crippen molar-refractivity contribution in [2.45, 2.75) is 45.1 Å². The molecule has 5 heteroatoms. The Morgan fingerprint density at radius 1 is 1.19 bits per heavy atom. The van der Waals surface area contributed by atoms with Crippen LogP contribution in [0.4, 0.5) is 0 Å². The maximum absolute atomic E-state index is 12.0. The van der Waals surface area contributed by atoms with E-state index in [1.54, 1.807) is 0 Å². The fourth-order valence-electron chi connectivity index (χ4n) is 2.62. The molecule has 0 unspecified atom stereocenters. The molecule has 1 aromatic rings. The Kier molecular flexibility index (Phi) is 4.14. The number of aromatic hydroxyl groups is 2. The summed E-state index contributed by atoms with van der Waals surface area (Å²) in [4.78, 5) is 12.0. The number of phenolic OH excluding ortho intramolecular Hbond substituents is 2. The highest BCUT2D eigenvalue weighted by Gasteiger charge is 2.36. The molecule has 0 aliphatic heterocycles. The molecule has 0 aromatic heterocycles. The van der Waals surface area contributed by atoms with Crippen LogP contribution in [0.15, 0.2) is 18.2 Å². The van der Waals surface area contributed by atoms with Crippen LogP contribution in [-0.2, 0) is 0 Å². The Balaban J connectivity index is 1.97. The van der Waals surface area contributed by atoms with Crippen molar-refractivity contribution in [2.75, 3.05) is 6.54 Å². The molecular formula is C16H23NO4. The summed E-state index contributed by atoms with van der Waals surface area (Å²) in [5.74, 6) is -1.27. The third kappa shape index (κ3) is 3.67. The number of nitrogens with one attached hydrogen (secondary N) is 1. The van der Waals surface area contributed by atoms with E-state index in [-0.39, 0.29) is 23.3 Å². The Hall–Kier alpha value is -1.75. The maximum Gasteiger partial charge on any atom is 0.255 e. The second kappa shape index (κ2) is 5.56. The van der Waals surface area contributed by atoms with E-state index in [0.717, 1.165) is 12.8 Å². The van der Waals surface area contributed by atoms with Gasteiger partial charge in [0.2, 0.25) is 0 Å². The first kappa shape index (κ1) is 15.6. The van der Waals surface area contributed by atoms with Crippen LogP contribution >= 0.6 is 0 Å². The molecule has 0 spiro atoms. The topological polar surface area (TPSA) is 89.8 Å². The minimum atomic E-state index is -0.891. The van der Waals surface area contributed by atoms with Gasteiger partial charge in [-0.1, -0.05) is 19.9 Å². The Morgan fingerprint density at radius 3 is 2.43 bits per heavy atom. The van der Waals surface area contributed by atoms with E-state index in [0.29, 0.717) is 12.8 Å². The molecule has 0 radical (unpaired) electrons. The van der Waals surface area contributed by atoms with Gasteiger partial charge in [0.25, 0.3) is 5.91 Å². The lowest BCUT2D eigenvalue weighted by Gasteiger charge is -2.40. The molecule has 5 nitrogen and oxygen atoms in total. The van der Waals surface area contributed by atoms with Gasteiger partial charge < -0.3 is 20.6 Å². The Morgan fingerprint density at radius 2 is 1.81 bits per heavy atom. The lowest BCUT2D eigenvalue weighted by atomic mass is 9.71. The van der Waals surface area contributed by atoms with Crippen LogP contribution in [0.2, 0.25) is 0 Å². The van der Waals surface area contributed by atoms with Gasteiger partial charge in [-0.25, -0.2) is 0 Å². The van der Waals surface area contributed by atoms with E-state index < -0.39 is 17.3 Å². The zero-order valence-corrected chi connectivity index (χ0v) is 12.5. The lowest BCUT2D eigenvalue weighted by Crippen LogP contribution is -2.46. The monoisotopic (exact) mass is 293 g/mol. The summed E-state index contributed by atoms with van der Waals surface area (Å²) in [5.41, 5.74) is -0.646. The first-order valence-corrected chi connectivity index (χ1v) is 7.24. The molecule has 1 aliphatic carbocycles. The van der Waals surface area contributed by atoms with Crippen LogP contribution in [0.3, 0.4) is 0 Å². The largest absolute Gasteiger partial charge is 0.504 e. The average Bonchev–Trinajstić information content (AvgIpc) is 2.43. The molecule has 0 saturated heterocycles. The van der Waals surface area contributed by atoms with E-state index in [2.05, 4.69) is 19.2 Å². The van der Waals surface area contributed by atoms with Crippen LogP contribution in [-0.4, -0.2) is 33.4 Å². The van der Waals surface area contributed by atoms with Gasteiger partial charge in [0.15, 0.2) is 11.5 Å². The predicted octanol–water partition coefficient (Wildman–Crippen LogP) is 2.16. The minimum Gasteiger partial charge on any atom is -0.504 e. The SMILES string of the molecule is CC1(C)CCC(O)(CNC(=O)c2cccc(O)c2O)CC1. The van der Waals surface area contributed by atoms with E-state index in [1.807, 2.05) is 0 Å². The van der Waals surface area contributed by atoms with Gasteiger partial charge >= 0.3 is 0 Å². The van der Waals surface area contributed by atoms with Gasteiger partial charge in [-0.2, -0.15) is 0 Å². The van der Waals surface area contributed by atoms with Gasteiger partial charge in [0.1, 0.15) is 0 Å². The molecule has 4 N–H and O–H groups in total. The first-order valence-electron chi connectivity index (χ1n) is 7.24. The molecule has 0 atom stereocenters. The first-order chi connectivity index (χ1) is 9.72. The smallest absolute Gasteiger partial charge is 0.255 e. The molecule has 0 bridgehead atoms. The van der Waals surface area contributed by atoms with Gasteiger partial charge in [0, 0.05) is 6.54 Å². The molecular weight excluding hydrogens is 270 g/mol. The van der Waals surface area contributed by atoms with Crippen LogP contribution < -0.4 is 5.32 Å². The van der Waals surface area contributed by atoms with Crippen LogP contribution in [0, 0.1) is 5.41 Å². The van der Waals surface area contributed by atoms with Crippen molar-refractivity contribution in [3.63, 3.8) is 0 Å². The summed E-state index contributed by atoms with van der Waals surface area (Å²) in [5, 5.41) is 32.2. The number of phenols is 2. The molecule has 1 aromatic carbocycles. The molecule has 116 valence electrons. The third-order valence-electron chi connectivity index (χ3n) is 4.37. The maximum atomic E-state index is 12.0. The van der Waals surface area contributed by atoms with E-state index in [4.69, 9.17) is 0 Å². The zero-order chi connectivity index (χ0) is 15.7. The van der Waals surface area contributed by atoms with E-state index in [1.165, 1.54) is 18.2 Å². The number of aliphatic hydroxyl groups is 1. The highest BCUT2D eigenvalue weighted by atomic mass is 16.3. The Bertz CT molecular complexity index is 529. The van der Waals surface area contributed by atoms with Crippen molar-refractivity contribution < 1.29 is 20.1 Å². The quantitative estimate of drug-likeness (QED) is 0.643. The van der Waals surface area contributed by atoms with Crippen LogP contribution in [0.1, 0.15) is 49.9 Å². The molecule has 2 rings (SSSR count). The van der Waals surface area contributed by atoms with Gasteiger partial charge in [-0.15, -0.1) is 0 Å². The molecule has 1 aliphatic rings. The number of para-hydroxylation sites is 1. The second-order valence-electron chi connectivity index (χ2n) is 6.74. The number of hydrogen-bond donors (Lipinski definition) is 4. The molecule has 1 amide bonds. The van der Waals surface area contributed by atoms with Crippen molar-refractivity contribution in [2.24, 2.45) is 5.41 Å². The summed E-state index contributed by atoms with van der Waals surface area (Å²) in [7, 11) is 0. The summed E-state index contributed by atoms with van der Waals surface area (Å²) in [6.45, 7) is 4.50. The highest BCUT2D eigenvalue weighted by Crippen LogP contribution is 2.39. The summed E-state index contributed by atoms with van der Waals surface area (Å²) >= 11 is 0. The number of amides is 1. The lowest BCUT2D eigenvalue weighted by molar-refractivity contribution is -0.0233. The fourth-order valence-corrected chi connectivity index (χ4v) is 2.62. The van der Waals surface area contributed by atoms with Gasteiger partial charge in [0.05, 0.1) is 11.2 Å². The second-order valence-corrected chi connectivity index (χ2v) is 6.74. The molecule has 0 heterocycles. The van der Waals surface area contributed by atoms with Gasteiger partial charge in [-0.3, -0.25) is 4.79 Å². The van der Waals surface area contributed by atoms with E-state index in [9.17, 15) is 20.1 Å². The van der Waals surface area contributed by atoms with Crippen molar-refractivity contribution in [3.05, 3.63) is 23.8 Å². The molecule has 21 heavy (non-hydrogen) atoms. The number of rotatable bonds is 3. The minimum absolute atomic E-state index is 0.00902. The third-order valence-corrected chi connectivity index (χ3v) is 4.37. The predicted molar refractivity (Wildman–Crippen MR) is 79.3 cm³/mol. The summed E-state index contributed by atoms with van der Waals surface area (Å²) in [6, 6.07) is 4.23. The zero-order valence-electron chi connectivity index (χ0n) is 12.5. The average molecular weight is 293 g/mol. The summed E-state index contributed by atoms with van der Waals surface area (Å²) in [6.07, 6.45) is 3.12. The fraction of sp³-hybridized carbons (Fsp3) is 0.562. The number of carbonyl (C=O) groups is 1. The van der Waals surface area contributed by atoms with Crippen molar-refractivity contribution in [1.29, 1.82) is 0 Å². The number of carbonyl (C=O) groups excluding carboxylic acids is 1. The van der Waals surface area contributed by atoms with Gasteiger partial charge in [-0.05, 0) is 43.2 Å².